The molecule has 9 heteroatoms. The summed E-state index contributed by atoms with van der Waals surface area (Å²) in [5.74, 6) is 0.284. The van der Waals surface area contributed by atoms with E-state index in [1.807, 2.05) is 18.7 Å². The molecule has 0 spiro atoms. The van der Waals surface area contributed by atoms with Crippen molar-refractivity contribution in [3.63, 3.8) is 0 Å². The molecule has 6 nitrogen and oxygen atoms in total. The van der Waals surface area contributed by atoms with Crippen LogP contribution in [0.25, 0.3) is 5.69 Å². The molecule has 3 heterocycles. The van der Waals surface area contributed by atoms with E-state index in [1.54, 1.807) is 41.4 Å². The normalized spacial score (nSPS) is 15.2. The van der Waals surface area contributed by atoms with E-state index in [0.717, 1.165) is 16.9 Å². The van der Waals surface area contributed by atoms with Gasteiger partial charge in [0.25, 0.3) is 0 Å². The van der Waals surface area contributed by atoms with Gasteiger partial charge in [-0.05, 0) is 49.4 Å². The lowest BCUT2D eigenvalue weighted by Crippen LogP contribution is -2.15. The molecule has 4 aromatic rings. The van der Waals surface area contributed by atoms with Gasteiger partial charge in [-0.25, -0.2) is 18.7 Å². The number of rotatable bonds is 4. The molecule has 0 fully saturated rings. The van der Waals surface area contributed by atoms with Crippen LogP contribution in [0.2, 0.25) is 5.15 Å². The number of nitrogens with zero attached hydrogens (tertiary/aromatic N) is 5. The molecular formula is C23H19ClF2N6. The number of imidazole rings is 1. The summed E-state index contributed by atoms with van der Waals surface area (Å²) in [6.45, 7) is 4.53. The molecule has 1 N–H and O–H groups in total. The van der Waals surface area contributed by atoms with Crippen LogP contribution in [0.1, 0.15) is 24.1 Å². The number of anilines is 4. The molecule has 0 unspecified atom stereocenters. The van der Waals surface area contributed by atoms with Crippen molar-refractivity contribution in [3.05, 3.63) is 83.0 Å². The summed E-state index contributed by atoms with van der Waals surface area (Å²) < 4.78 is 29.7. The van der Waals surface area contributed by atoms with Crippen LogP contribution in [-0.4, -0.2) is 26.1 Å². The summed E-state index contributed by atoms with van der Waals surface area (Å²) in [4.78, 5) is 15.1. The van der Waals surface area contributed by atoms with Gasteiger partial charge in [0.1, 0.15) is 22.6 Å². The maximum absolute atomic E-state index is 14.7. The van der Waals surface area contributed by atoms with Crippen molar-refractivity contribution in [2.24, 2.45) is 0 Å². The minimum absolute atomic E-state index is 0.104. The van der Waals surface area contributed by atoms with Crippen molar-refractivity contribution in [3.8, 4) is 5.69 Å². The van der Waals surface area contributed by atoms with Gasteiger partial charge in [-0.3, -0.25) is 0 Å². The molecule has 162 valence electrons. The van der Waals surface area contributed by atoms with E-state index < -0.39 is 5.82 Å². The Morgan fingerprint density at radius 2 is 1.88 bits per heavy atom. The van der Waals surface area contributed by atoms with Crippen LogP contribution < -0.4 is 10.2 Å². The SMILES string of the molecule is Cc1cn(-c2ccc(Nc3nc(Cl)c4c(n3)N(c3ccc(F)cc3)C[C@@H]4C)cc2F)cn1. The Kier molecular flexibility index (Phi) is 5.01. The van der Waals surface area contributed by atoms with E-state index in [1.165, 1.54) is 18.2 Å². The van der Waals surface area contributed by atoms with Crippen LogP contribution in [-0.2, 0) is 0 Å². The maximum atomic E-state index is 14.7. The van der Waals surface area contributed by atoms with Gasteiger partial charge in [-0.2, -0.15) is 4.98 Å². The minimum atomic E-state index is -0.416. The van der Waals surface area contributed by atoms with Crippen LogP contribution in [0, 0.1) is 18.6 Å². The molecule has 5 rings (SSSR count). The second kappa shape index (κ2) is 7.87. The van der Waals surface area contributed by atoms with E-state index in [0.29, 0.717) is 28.9 Å². The number of nitrogens with one attached hydrogen (secondary N) is 1. The van der Waals surface area contributed by atoms with Crippen molar-refractivity contribution in [2.45, 2.75) is 19.8 Å². The van der Waals surface area contributed by atoms with E-state index in [-0.39, 0.29) is 17.7 Å². The highest BCUT2D eigenvalue weighted by Gasteiger charge is 2.32. The van der Waals surface area contributed by atoms with Gasteiger partial charge in [-0.15, -0.1) is 0 Å². The van der Waals surface area contributed by atoms with Gasteiger partial charge in [0.2, 0.25) is 5.95 Å². The summed E-state index contributed by atoms with van der Waals surface area (Å²) in [5.41, 5.74) is 3.31. The van der Waals surface area contributed by atoms with Gasteiger partial charge >= 0.3 is 0 Å². The highest BCUT2D eigenvalue weighted by Crippen LogP contribution is 2.43. The lowest BCUT2D eigenvalue weighted by atomic mass is 10.1. The Morgan fingerprint density at radius 3 is 2.56 bits per heavy atom. The molecule has 1 aliphatic heterocycles. The Balaban J connectivity index is 1.47. The molecule has 2 aromatic heterocycles. The Hall–Kier alpha value is -3.52. The first kappa shape index (κ1) is 20.4. The molecule has 0 bridgehead atoms. The van der Waals surface area contributed by atoms with Crippen molar-refractivity contribution in [1.82, 2.24) is 19.5 Å². The molecule has 32 heavy (non-hydrogen) atoms. The number of benzene rings is 2. The molecule has 1 atom stereocenters. The number of fused-ring (bicyclic) bond motifs is 1. The van der Waals surface area contributed by atoms with E-state index >= 15 is 0 Å². The van der Waals surface area contributed by atoms with Crippen molar-refractivity contribution in [2.75, 3.05) is 16.8 Å². The Morgan fingerprint density at radius 1 is 1.09 bits per heavy atom. The lowest BCUT2D eigenvalue weighted by molar-refractivity contribution is 0.618. The quantitative estimate of drug-likeness (QED) is 0.390. The monoisotopic (exact) mass is 452 g/mol. The van der Waals surface area contributed by atoms with Gasteiger partial charge < -0.3 is 14.8 Å². The zero-order valence-electron chi connectivity index (χ0n) is 17.4. The number of aryl methyl sites for hydroxylation is 1. The minimum Gasteiger partial charge on any atom is -0.325 e. The predicted molar refractivity (Wildman–Crippen MR) is 120 cm³/mol. The summed E-state index contributed by atoms with van der Waals surface area (Å²) in [5, 5.41) is 3.37. The molecule has 0 saturated carbocycles. The highest BCUT2D eigenvalue weighted by molar-refractivity contribution is 6.30. The molecule has 0 saturated heterocycles. The molecular weight excluding hydrogens is 434 g/mol. The summed E-state index contributed by atoms with van der Waals surface area (Å²) in [6.07, 6.45) is 3.32. The average molecular weight is 453 g/mol. The van der Waals surface area contributed by atoms with Gasteiger partial charge in [0.05, 0.1) is 17.7 Å². The summed E-state index contributed by atoms with van der Waals surface area (Å²) in [6, 6.07) is 11.0. The van der Waals surface area contributed by atoms with Crippen LogP contribution in [0.15, 0.2) is 55.0 Å². The first-order valence-electron chi connectivity index (χ1n) is 10.1. The van der Waals surface area contributed by atoms with Gasteiger partial charge in [-0.1, -0.05) is 18.5 Å². The number of halogens is 3. The van der Waals surface area contributed by atoms with Crippen LogP contribution >= 0.6 is 11.6 Å². The fourth-order valence-electron chi connectivity index (χ4n) is 3.89. The van der Waals surface area contributed by atoms with E-state index in [9.17, 15) is 8.78 Å². The van der Waals surface area contributed by atoms with E-state index in [2.05, 4.69) is 20.3 Å². The Labute approximate surface area is 188 Å². The first-order chi connectivity index (χ1) is 15.4. The fraction of sp³-hybridized carbons (Fsp3) is 0.174. The van der Waals surface area contributed by atoms with Crippen molar-refractivity contribution >= 4 is 34.7 Å². The van der Waals surface area contributed by atoms with Crippen molar-refractivity contribution < 1.29 is 8.78 Å². The van der Waals surface area contributed by atoms with E-state index in [4.69, 9.17) is 11.6 Å². The molecule has 0 amide bonds. The smallest absolute Gasteiger partial charge is 0.230 e. The summed E-state index contributed by atoms with van der Waals surface area (Å²) in [7, 11) is 0. The summed E-state index contributed by atoms with van der Waals surface area (Å²) >= 11 is 6.49. The maximum Gasteiger partial charge on any atom is 0.230 e. The fourth-order valence-corrected chi connectivity index (χ4v) is 4.24. The largest absolute Gasteiger partial charge is 0.325 e. The van der Waals surface area contributed by atoms with Gasteiger partial charge in [0.15, 0.2) is 0 Å². The third-order valence-electron chi connectivity index (χ3n) is 5.42. The van der Waals surface area contributed by atoms with Crippen LogP contribution in [0.4, 0.5) is 31.9 Å². The number of aromatic nitrogens is 4. The number of hydrogen-bond acceptors (Lipinski definition) is 5. The topological polar surface area (TPSA) is 58.9 Å². The average Bonchev–Trinajstić information content (AvgIpc) is 3.32. The second-order valence-electron chi connectivity index (χ2n) is 7.78. The molecule has 0 radical (unpaired) electrons. The van der Waals surface area contributed by atoms with Crippen LogP contribution in [0.5, 0.6) is 0 Å². The van der Waals surface area contributed by atoms with Crippen LogP contribution in [0.3, 0.4) is 0 Å². The Bertz CT molecular complexity index is 1300. The first-order valence-corrected chi connectivity index (χ1v) is 10.4. The second-order valence-corrected chi connectivity index (χ2v) is 8.13. The number of hydrogen-bond donors (Lipinski definition) is 1. The molecule has 1 aliphatic rings. The molecule has 2 aromatic carbocycles. The van der Waals surface area contributed by atoms with Gasteiger partial charge in [0, 0.05) is 35.6 Å². The van der Waals surface area contributed by atoms with Crippen molar-refractivity contribution in [1.29, 1.82) is 0 Å². The highest BCUT2D eigenvalue weighted by atomic mass is 35.5. The predicted octanol–water partition coefficient (Wildman–Crippen LogP) is 5.90. The lowest BCUT2D eigenvalue weighted by Gasteiger charge is -2.19. The zero-order chi connectivity index (χ0) is 22.4. The molecule has 0 aliphatic carbocycles. The standard InChI is InChI=1S/C23H19ClF2N6/c1-13-10-32(17-6-3-15(25)4-7-17)22-20(13)21(24)29-23(30-22)28-16-5-8-19(18(26)9-16)31-11-14(2)27-12-31/h3-9,11-13H,10H2,1-2H3,(H,28,29,30)/t13-/m0/s1. The third kappa shape index (κ3) is 3.67. The third-order valence-corrected chi connectivity index (χ3v) is 5.70. The zero-order valence-corrected chi connectivity index (χ0v) is 18.1.